The van der Waals surface area contributed by atoms with Crippen LogP contribution in [0.1, 0.15) is 0 Å². The van der Waals surface area contributed by atoms with Gasteiger partial charge in [0.25, 0.3) is 0 Å². The summed E-state index contributed by atoms with van der Waals surface area (Å²) in [6.45, 7) is 0. The van der Waals surface area contributed by atoms with Gasteiger partial charge in [-0.05, 0) is 30.3 Å². The highest BCUT2D eigenvalue weighted by molar-refractivity contribution is 7.99. The molecule has 0 aliphatic heterocycles. The molecule has 1 N–H and O–H groups in total. The minimum Gasteiger partial charge on any atom is -0.495 e. The van der Waals surface area contributed by atoms with Gasteiger partial charge in [0.1, 0.15) is 11.6 Å². The summed E-state index contributed by atoms with van der Waals surface area (Å²) >= 11 is 1.11. The molecule has 0 fully saturated rings. The number of amides is 1. The van der Waals surface area contributed by atoms with Crippen LogP contribution in [0.15, 0.2) is 52.5 Å². The lowest BCUT2D eigenvalue weighted by molar-refractivity contribution is -0.113. The van der Waals surface area contributed by atoms with Gasteiger partial charge in [0.15, 0.2) is 11.0 Å². The van der Waals surface area contributed by atoms with Gasteiger partial charge in [-0.2, -0.15) is 0 Å². The Kier molecular flexibility index (Phi) is 7.16. The summed E-state index contributed by atoms with van der Waals surface area (Å²) in [4.78, 5) is 12.5. The lowest BCUT2D eigenvalue weighted by Gasteiger charge is -2.15. The van der Waals surface area contributed by atoms with E-state index in [-0.39, 0.29) is 16.3 Å². The van der Waals surface area contributed by atoms with Crippen LogP contribution in [0.4, 0.5) is 10.1 Å². The van der Waals surface area contributed by atoms with E-state index >= 15 is 0 Å². The Hall–Kier alpha value is -2.96. The summed E-state index contributed by atoms with van der Waals surface area (Å²) < 4.78 is 46.7. The van der Waals surface area contributed by atoms with E-state index in [1.165, 1.54) is 45.5 Å². The zero-order valence-electron chi connectivity index (χ0n) is 17.9. The van der Waals surface area contributed by atoms with Crippen molar-refractivity contribution in [2.24, 2.45) is 7.05 Å². The number of aromatic nitrogens is 3. The number of thioether (sulfide) groups is 1. The molecule has 0 unspecified atom stereocenters. The highest BCUT2D eigenvalue weighted by Gasteiger charge is 2.20. The Bertz CT molecular complexity index is 1240. The molecule has 1 heterocycles. The maximum Gasteiger partial charge on any atom is 0.242 e. The largest absolute Gasteiger partial charge is 0.495 e. The van der Waals surface area contributed by atoms with E-state index in [0.29, 0.717) is 22.3 Å². The van der Waals surface area contributed by atoms with Crippen molar-refractivity contribution in [1.82, 2.24) is 19.1 Å². The highest BCUT2D eigenvalue weighted by atomic mass is 32.2. The first kappa shape index (κ1) is 23.7. The maximum atomic E-state index is 14.0. The van der Waals surface area contributed by atoms with Gasteiger partial charge >= 0.3 is 0 Å². The summed E-state index contributed by atoms with van der Waals surface area (Å²) in [5.41, 5.74) is 0.536. The molecule has 12 heteroatoms. The average molecular weight is 480 g/mol. The number of halogens is 1. The number of carbonyl (C=O) groups excluding carboxylic acids is 1. The first-order chi connectivity index (χ1) is 15.1. The minimum absolute atomic E-state index is 0.0223. The third-order valence-corrected chi connectivity index (χ3v) is 7.34. The van der Waals surface area contributed by atoms with E-state index < -0.39 is 21.7 Å². The Morgan fingerprint density at radius 2 is 1.94 bits per heavy atom. The molecule has 0 radical (unpaired) electrons. The second-order valence-electron chi connectivity index (χ2n) is 6.83. The van der Waals surface area contributed by atoms with Gasteiger partial charge in [-0.15, -0.1) is 10.2 Å². The molecule has 0 aliphatic carbocycles. The topological polar surface area (TPSA) is 106 Å². The smallest absolute Gasteiger partial charge is 0.242 e. The van der Waals surface area contributed by atoms with Crippen molar-refractivity contribution in [2.45, 2.75) is 10.1 Å². The molecule has 0 aliphatic rings. The highest BCUT2D eigenvalue weighted by Crippen LogP contribution is 2.29. The number of sulfonamides is 1. The Labute approximate surface area is 189 Å². The van der Waals surface area contributed by atoms with Crippen molar-refractivity contribution in [3.05, 3.63) is 48.3 Å². The molecule has 0 spiro atoms. The first-order valence-corrected chi connectivity index (χ1v) is 11.7. The number of hydrogen-bond acceptors (Lipinski definition) is 7. The molecule has 0 bridgehead atoms. The molecule has 0 atom stereocenters. The van der Waals surface area contributed by atoms with E-state index in [0.717, 1.165) is 16.1 Å². The number of nitrogens with one attached hydrogen (secondary N) is 1. The number of benzene rings is 2. The van der Waals surface area contributed by atoms with Crippen LogP contribution in [-0.2, 0) is 21.9 Å². The van der Waals surface area contributed by atoms with Crippen LogP contribution in [0, 0.1) is 5.82 Å². The van der Waals surface area contributed by atoms with Crippen LogP contribution in [0.2, 0.25) is 0 Å². The van der Waals surface area contributed by atoms with E-state index in [1.54, 1.807) is 29.8 Å². The Morgan fingerprint density at radius 1 is 1.22 bits per heavy atom. The van der Waals surface area contributed by atoms with Gasteiger partial charge in [-0.25, -0.2) is 17.1 Å². The quantitative estimate of drug-likeness (QED) is 0.495. The van der Waals surface area contributed by atoms with Gasteiger partial charge in [0.05, 0.1) is 29.0 Å². The Morgan fingerprint density at radius 3 is 2.59 bits per heavy atom. The molecule has 1 amide bonds. The van der Waals surface area contributed by atoms with Crippen molar-refractivity contribution < 1.29 is 22.3 Å². The summed E-state index contributed by atoms with van der Waals surface area (Å²) in [6, 6.07) is 10.4. The molecular formula is C20H22FN5O4S2. The summed E-state index contributed by atoms with van der Waals surface area (Å²) in [5, 5.41) is 11.1. The van der Waals surface area contributed by atoms with Crippen LogP contribution in [-0.4, -0.2) is 60.4 Å². The zero-order chi connectivity index (χ0) is 23.5. The number of rotatable bonds is 8. The monoisotopic (exact) mass is 479 g/mol. The summed E-state index contributed by atoms with van der Waals surface area (Å²) in [5.74, 6) is -0.187. The van der Waals surface area contributed by atoms with Crippen LogP contribution in [0.5, 0.6) is 5.75 Å². The van der Waals surface area contributed by atoms with Crippen molar-refractivity contribution in [3.8, 4) is 17.1 Å². The minimum atomic E-state index is -3.68. The normalized spacial score (nSPS) is 11.6. The van der Waals surface area contributed by atoms with E-state index in [4.69, 9.17) is 4.74 Å². The molecule has 170 valence electrons. The van der Waals surface area contributed by atoms with Crippen LogP contribution < -0.4 is 10.1 Å². The van der Waals surface area contributed by atoms with Gasteiger partial charge in [-0.1, -0.05) is 23.9 Å². The molecule has 2 aromatic carbocycles. The molecule has 32 heavy (non-hydrogen) atoms. The van der Waals surface area contributed by atoms with Crippen LogP contribution in [0.25, 0.3) is 11.4 Å². The summed E-state index contributed by atoms with van der Waals surface area (Å²) in [7, 11) is 2.27. The third kappa shape index (κ3) is 4.92. The second-order valence-corrected chi connectivity index (χ2v) is 9.93. The molecular weight excluding hydrogens is 457 g/mol. The predicted octanol–water partition coefficient (Wildman–Crippen LogP) is 2.61. The first-order valence-electron chi connectivity index (χ1n) is 9.32. The number of methoxy groups -OCH3 is 1. The van der Waals surface area contributed by atoms with E-state index in [1.807, 2.05) is 0 Å². The number of anilines is 1. The van der Waals surface area contributed by atoms with E-state index in [2.05, 4.69) is 15.5 Å². The standard InChI is InChI=1S/C20H22FN5O4S2/c1-25(2)32(28,29)13-9-10-17(30-4)16(11-13)22-18(27)12-31-20-24-23-19(26(20)3)14-7-5-6-8-15(14)21/h5-11H,12H2,1-4H3,(H,22,27). The number of carbonyl (C=O) groups is 1. The molecule has 3 rings (SSSR count). The van der Waals surface area contributed by atoms with Gasteiger partial charge in [0.2, 0.25) is 15.9 Å². The van der Waals surface area contributed by atoms with Crippen molar-refractivity contribution in [2.75, 3.05) is 32.3 Å². The fourth-order valence-corrected chi connectivity index (χ4v) is 4.43. The number of nitrogens with zero attached hydrogens (tertiary/aromatic N) is 4. The van der Waals surface area contributed by atoms with Crippen LogP contribution in [0.3, 0.4) is 0 Å². The average Bonchev–Trinajstić information content (AvgIpc) is 3.12. The van der Waals surface area contributed by atoms with Crippen LogP contribution >= 0.6 is 11.8 Å². The molecule has 1 aromatic heterocycles. The SMILES string of the molecule is COc1ccc(S(=O)(=O)N(C)C)cc1NC(=O)CSc1nnc(-c2ccccc2F)n1C. The third-order valence-electron chi connectivity index (χ3n) is 4.51. The molecule has 3 aromatic rings. The lowest BCUT2D eigenvalue weighted by Crippen LogP contribution is -2.22. The lowest BCUT2D eigenvalue weighted by atomic mass is 10.2. The molecule has 0 saturated carbocycles. The van der Waals surface area contributed by atoms with Gasteiger partial charge in [0, 0.05) is 21.1 Å². The fraction of sp³-hybridized carbons (Fsp3) is 0.250. The molecule has 9 nitrogen and oxygen atoms in total. The second kappa shape index (κ2) is 9.67. The number of ether oxygens (including phenoxy) is 1. The summed E-state index contributed by atoms with van der Waals surface area (Å²) in [6.07, 6.45) is 0. The predicted molar refractivity (Wildman–Crippen MR) is 120 cm³/mol. The fourth-order valence-electron chi connectivity index (χ4n) is 2.79. The van der Waals surface area contributed by atoms with Crippen molar-refractivity contribution >= 4 is 33.4 Å². The zero-order valence-corrected chi connectivity index (χ0v) is 19.5. The number of hydrogen-bond donors (Lipinski definition) is 1. The molecule has 0 saturated heterocycles. The Balaban J connectivity index is 1.74. The van der Waals surface area contributed by atoms with Crippen molar-refractivity contribution in [3.63, 3.8) is 0 Å². The van der Waals surface area contributed by atoms with Gasteiger partial charge < -0.3 is 14.6 Å². The maximum absolute atomic E-state index is 14.0. The van der Waals surface area contributed by atoms with E-state index in [9.17, 15) is 17.6 Å². The van der Waals surface area contributed by atoms with Crippen molar-refractivity contribution in [1.29, 1.82) is 0 Å². The van der Waals surface area contributed by atoms with Gasteiger partial charge in [-0.3, -0.25) is 4.79 Å².